The third kappa shape index (κ3) is 3.72. The van der Waals surface area contributed by atoms with Gasteiger partial charge in [0.05, 0.1) is 0 Å². The van der Waals surface area contributed by atoms with E-state index in [1.807, 2.05) is 20.8 Å². The molecule has 0 aliphatic carbocycles. The summed E-state index contributed by atoms with van der Waals surface area (Å²) in [5.41, 5.74) is 6.42. The maximum absolute atomic E-state index is 11.8. The molecule has 0 saturated heterocycles. The number of esters is 1. The molecule has 0 fully saturated rings. The fraction of sp³-hybridized carbons (Fsp3) is 0.462. The fourth-order valence-corrected chi connectivity index (χ4v) is 1.50. The molecule has 0 amide bonds. The van der Waals surface area contributed by atoms with Crippen molar-refractivity contribution in [3.8, 4) is 0 Å². The summed E-state index contributed by atoms with van der Waals surface area (Å²) < 4.78 is 5.26. The zero-order valence-electron chi connectivity index (χ0n) is 10.3. The molecular formula is C13H18ClNO2. The Labute approximate surface area is 107 Å². The van der Waals surface area contributed by atoms with Crippen molar-refractivity contribution in [2.45, 2.75) is 32.9 Å². The van der Waals surface area contributed by atoms with Crippen molar-refractivity contribution in [2.75, 3.05) is 0 Å². The van der Waals surface area contributed by atoms with E-state index in [1.165, 1.54) is 0 Å². The van der Waals surface area contributed by atoms with Crippen molar-refractivity contribution < 1.29 is 9.53 Å². The minimum Gasteiger partial charge on any atom is -0.461 e. The molecule has 0 heterocycles. The second-order valence-corrected chi connectivity index (χ2v) is 4.79. The fourth-order valence-electron chi connectivity index (χ4n) is 1.25. The van der Waals surface area contributed by atoms with Crippen molar-refractivity contribution in [1.29, 1.82) is 0 Å². The lowest BCUT2D eigenvalue weighted by Crippen LogP contribution is -2.29. The average Bonchev–Trinajstić information content (AvgIpc) is 2.28. The highest BCUT2D eigenvalue weighted by Crippen LogP contribution is 2.22. The number of rotatable bonds is 4. The Kier molecular flexibility index (Phi) is 4.97. The number of carbonyl (C=O) groups excluding carboxylic acids is 1. The van der Waals surface area contributed by atoms with E-state index in [4.69, 9.17) is 22.1 Å². The van der Waals surface area contributed by atoms with Crippen LogP contribution in [-0.4, -0.2) is 12.1 Å². The summed E-state index contributed by atoms with van der Waals surface area (Å²) >= 11 is 5.97. The lowest BCUT2D eigenvalue weighted by atomic mass is 10.1. The third-order valence-electron chi connectivity index (χ3n) is 2.74. The van der Waals surface area contributed by atoms with Crippen LogP contribution in [0.5, 0.6) is 0 Å². The molecule has 2 atom stereocenters. The molecule has 0 radical (unpaired) electrons. The lowest BCUT2D eigenvalue weighted by molar-refractivity contribution is -0.152. The molecule has 0 saturated carbocycles. The topological polar surface area (TPSA) is 52.3 Å². The first-order valence-electron chi connectivity index (χ1n) is 5.64. The van der Waals surface area contributed by atoms with Gasteiger partial charge in [-0.05, 0) is 24.5 Å². The summed E-state index contributed by atoms with van der Waals surface area (Å²) in [7, 11) is 0. The molecule has 94 valence electrons. The van der Waals surface area contributed by atoms with Gasteiger partial charge in [-0.2, -0.15) is 0 Å². The highest BCUT2D eigenvalue weighted by Gasteiger charge is 2.22. The van der Waals surface area contributed by atoms with Gasteiger partial charge in [-0.3, -0.25) is 0 Å². The predicted octanol–water partition coefficient (Wildman–Crippen LogP) is 2.93. The van der Waals surface area contributed by atoms with Gasteiger partial charge in [-0.15, -0.1) is 0 Å². The minimum atomic E-state index is -0.829. The van der Waals surface area contributed by atoms with E-state index in [-0.39, 0.29) is 12.0 Å². The first kappa shape index (κ1) is 14.0. The van der Waals surface area contributed by atoms with Crippen molar-refractivity contribution in [3.05, 3.63) is 34.9 Å². The second kappa shape index (κ2) is 6.03. The van der Waals surface area contributed by atoms with Gasteiger partial charge in [0.15, 0.2) is 0 Å². The quantitative estimate of drug-likeness (QED) is 0.842. The summed E-state index contributed by atoms with van der Waals surface area (Å²) in [5.74, 6) is -0.184. The Morgan fingerprint density at radius 2 is 1.88 bits per heavy atom. The third-order valence-corrected chi connectivity index (χ3v) is 3.08. The molecule has 0 aromatic heterocycles. The van der Waals surface area contributed by atoms with Crippen LogP contribution in [-0.2, 0) is 9.53 Å². The smallest absolute Gasteiger partial charge is 0.327 e. The van der Waals surface area contributed by atoms with E-state index in [9.17, 15) is 4.79 Å². The molecule has 1 aromatic rings. The summed E-state index contributed by atoms with van der Waals surface area (Å²) in [4.78, 5) is 11.8. The molecule has 3 nitrogen and oxygen atoms in total. The van der Waals surface area contributed by atoms with Gasteiger partial charge in [0, 0.05) is 5.02 Å². The average molecular weight is 256 g/mol. The largest absolute Gasteiger partial charge is 0.461 e. The molecule has 4 heteroatoms. The van der Waals surface area contributed by atoms with Crippen LogP contribution in [0.2, 0.25) is 5.02 Å². The second-order valence-electron chi connectivity index (χ2n) is 4.39. The van der Waals surface area contributed by atoms with E-state index in [0.717, 1.165) is 0 Å². The van der Waals surface area contributed by atoms with Crippen LogP contribution in [0.4, 0.5) is 0 Å². The van der Waals surface area contributed by atoms with Gasteiger partial charge in [0.1, 0.15) is 12.1 Å². The summed E-state index contributed by atoms with van der Waals surface area (Å²) in [5, 5.41) is 0.481. The summed E-state index contributed by atoms with van der Waals surface area (Å²) in [6.07, 6.45) is -0.156. The predicted molar refractivity (Wildman–Crippen MR) is 68.8 cm³/mol. The highest BCUT2D eigenvalue weighted by atomic mass is 35.5. The van der Waals surface area contributed by atoms with E-state index < -0.39 is 12.0 Å². The molecule has 1 unspecified atom stereocenters. The lowest BCUT2D eigenvalue weighted by Gasteiger charge is -2.20. The van der Waals surface area contributed by atoms with Crippen LogP contribution in [0.1, 0.15) is 32.4 Å². The van der Waals surface area contributed by atoms with Crippen molar-refractivity contribution in [1.82, 2.24) is 0 Å². The molecule has 1 aromatic carbocycles. The Morgan fingerprint density at radius 1 is 1.29 bits per heavy atom. The van der Waals surface area contributed by atoms with E-state index >= 15 is 0 Å². The normalized spacial score (nSPS) is 14.5. The molecule has 0 bridgehead atoms. The molecular weight excluding hydrogens is 238 g/mol. The molecule has 2 N–H and O–H groups in total. The summed E-state index contributed by atoms with van der Waals surface area (Å²) in [6.45, 7) is 5.82. The first-order chi connectivity index (χ1) is 7.93. The minimum absolute atomic E-state index is 0.156. The number of benzene rings is 1. The molecule has 0 aliphatic heterocycles. The van der Waals surface area contributed by atoms with E-state index in [2.05, 4.69) is 0 Å². The van der Waals surface area contributed by atoms with Gasteiger partial charge in [-0.25, -0.2) is 4.79 Å². The number of carbonyl (C=O) groups is 1. The molecule has 17 heavy (non-hydrogen) atoms. The van der Waals surface area contributed by atoms with Gasteiger partial charge >= 0.3 is 5.97 Å². The Bertz CT molecular complexity index is 393. The number of hydrogen-bond acceptors (Lipinski definition) is 3. The van der Waals surface area contributed by atoms with Crippen LogP contribution < -0.4 is 5.73 Å². The molecule has 0 aliphatic rings. The van der Waals surface area contributed by atoms with Gasteiger partial charge in [-0.1, -0.05) is 43.6 Å². The van der Waals surface area contributed by atoms with Crippen LogP contribution in [0.15, 0.2) is 24.3 Å². The maximum atomic E-state index is 11.8. The van der Waals surface area contributed by atoms with E-state index in [1.54, 1.807) is 24.3 Å². The van der Waals surface area contributed by atoms with Crippen LogP contribution in [0, 0.1) is 5.92 Å². The van der Waals surface area contributed by atoms with E-state index in [0.29, 0.717) is 10.6 Å². The van der Waals surface area contributed by atoms with Crippen LogP contribution >= 0.6 is 11.6 Å². The Balaban J connectivity index is 2.74. The highest BCUT2D eigenvalue weighted by molar-refractivity contribution is 6.31. The maximum Gasteiger partial charge on any atom is 0.327 e. The van der Waals surface area contributed by atoms with Gasteiger partial charge in [0.2, 0.25) is 0 Å². The Morgan fingerprint density at radius 3 is 2.41 bits per heavy atom. The van der Waals surface area contributed by atoms with Gasteiger partial charge < -0.3 is 10.5 Å². The van der Waals surface area contributed by atoms with Crippen molar-refractivity contribution >= 4 is 17.6 Å². The zero-order chi connectivity index (χ0) is 13.0. The molecule has 1 rings (SSSR count). The van der Waals surface area contributed by atoms with Crippen molar-refractivity contribution in [3.63, 3.8) is 0 Å². The standard InChI is InChI=1S/C13H18ClNO2/c1-8(2)9(3)17-13(16)12(15)10-6-4-5-7-11(10)14/h4-9,12H,15H2,1-3H3/t9?,12-/m1/s1. The van der Waals surface area contributed by atoms with Crippen LogP contribution in [0.3, 0.4) is 0 Å². The number of nitrogens with two attached hydrogens (primary N) is 1. The number of halogens is 1. The molecule has 0 spiro atoms. The van der Waals surface area contributed by atoms with Gasteiger partial charge in [0.25, 0.3) is 0 Å². The number of ether oxygens (including phenoxy) is 1. The van der Waals surface area contributed by atoms with Crippen molar-refractivity contribution in [2.24, 2.45) is 11.7 Å². The first-order valence-corrected chi connectivity index (χ1v) is 6.01. The monoisotopic (exact) mass is 255 g/mol. The summed E-state index contributed by atoms with van der Waals surface area (Å²) in [6, 6.07) is 6.19. The zero-order valence-corrected chi connectivity index (χ0v) is 11.1. The van der Waals surface area contributed by atoms with Crippen LogP contribution in [0.25, 0.3) is 0 Å². The number of hydrogen-bond donors (Lipinski definition) is 1. The SMILES string of the molecule is CC(C)C(C)OC(=O)[C@H](N)c1ccccc1Cl. The Hall–Kier alpha value is -1.06.